The minimum Gasteiger partial charge on any atom is -0.290 e. The summed E-state index contributed by atoms with van der Waals surface area (Å²) in [6.07, 6.45) is 5.49. The molecule has 0 aliphatic heterocycles. The number of hydrogen-bond donors (Lipinski definition) is 2. The van der Waals surface area contributed by atoms with E-state index in [9.17, 15) is 5.21 Å². The molecule has 3 rings (SSSR count). The Hall–Kier alpha value is -1.84. The predicted molar refractivity (Wildman–Crippen MR) is 104 cm³/mol. The molecule has 1 fully saturated rings. The monoisotopic (exact) mass is 356 g/mol. The second-order valence-corrected chi connectivity index (χ2v) is 7.42. The number of hydrogen-bond acceptors (Lipinski definition) is 2. The Morgan fingerprint density at radius 2 is 1.84 bits per heavy atom. The summed E-state index contributed by atoms with van der Waals surface area (Å²) in [7, 11) is 0. The summed E-state index contributed by atoms with van der Waals surface area (Å²) in [5.74, 6) is 1.83. The zero-order valence-electron chi connectivity index (χ0n) is 14.6. The first-order chi connectivity index (χ1) is 12.1. The molecule has 2 aromatic rings. The van der Waals surface area contributed by atoms with E-state index in [1.807, 2.05) is 18.2 Å². The number of nitrogens with zero attached hydrogens (tertiary/aromatic N) is 1. The molecular formula is C21H25ClN2O. The average molecular weight is 357 g/mol. The number of amidine groups is 1. The highest BCUT2D eigenvalue weighted by molar-refractivity contribution is 6.30. The third kappa shape index (κ3) is 5.07. The Bertz CT molecular complexity index is 719. The lowest BCUT2D eigenvalue weighted by Gasteiger charge is -2.29. The van der Waals surface area contributed by atoms with Crippen LogP contribution < -0.4 is 5.48 Å². The summed E-state index contributed by atoms with van der Waals surface area (Å²) in [6.45, 7) is 2.13. The van der Waals surface area contributed by atoms with Gasteiger partial charge in [0.2, 0.25) is 0 Å². The summed E-state index contributed by atoms with van der Waals surface area (Å²) in [5, 5.41) is 10.1. The van der Waals surface area contributed by atoms with E-state index in [4.69, 9.17) is 11.6 Å². The van der Waals surface area contributed by atoms with E-state index in [-0.39, 0.29) is 0 Å². The molecule has 0 spiro atoms. The molecule has 3 nitrogen and oxygen atoms in total. The van der Waals surface area contributed by atoms with Gasteiger partial charge in [-0.1, -0.05) is 47.5 Å². The lowest BCUT2D eigenvalue weighted by molar-refractivity contribution is 0.226. The highest BCUT2D eigenvalue weighted by atomic mass is 35.5. The minimum atomic E-state index is 0.555. The van der Waals surface area contributed by atoms with Crippen molar-refractivity contribution in [2.75, 3.05) is 0 Å². The second kappa shape index (κ2) is 8.50. The second-order valence-electron chi connectivity index (χ2n) is 6.98. The van der Waals surface area contributed by atoms with Gasteiger partial charge in [0, 0.05) is 11.4 Å². The van der Waals surface area contributed by atoms with E-state index in [1.165, 1.54) is 24.0 Å². The van der Waals surface area contributed by atoms with Crippen LogP contribution in [0, 0.1) is 12.8 Å². The Kier molecular flexibility index (Phi) is 6.11. The van der Waals surface area contributed by atoms with Crippen molar-refractivity contribution in [3.05, 3.63) is 64.7 Å². The van der Waals surface area contributed by atoms with Crippen molar-refractivity contribution in [1.82, 2.24) is 5.48 Å². The first-order valence-corrected chi connectivity index (χ1v) is 9.31. The van der Waals surface area contributed by atoms with Crippen LogP contribution in [0.4, 0.5) is 5.69 Å². The number of aryl methyl sites for hydroxylation is 1. The molecule has 0 aromatic heterocycles. The van der Waals surface area contributed by atoms with Gasteiger partial charge in [-0.2, -0.15) is 0 Å². The standard InChI is InChI=1S/C21H25ClN2O/c1-15-5-9-17(10-6-15)18-11-7-16(8-12-18)13-21(24-25)23-20-4-2-3-19(22)14-20/h2-6,9-10,14,16,18,25H,7-8,11-13H2,1H3,(H,23,24). The first-order valence-electron chi connectivity index (χ1n) is 8.94. The topological polar surface area (TPSA) is 44.6 Å². The van der Waals surface area contributed by atoms with E-state index in [1.54, 1.807) is 6.07 Å². The van der Waals surface area contributed by atoms with Gasteiger partial charge in [-0.05, 0) is 68.2 Å². The molecule has 0 unspecified atom stereocenters. The quantitative estimate of drug-likeness (QED) is 0.399. The number of rotatable bonds is 4. The number of aliphatic imine (C=N–C) groups is 1. The Morgan fingerprint density at radius 3 is 2.48 bits per heavy atom. The van der Waals surface area contributed by atoms with Crippen molar-refractivity contribution in [2.45, 2.75) is 44.9 Å². The molecule has 1 aliphatic carbocycles. The van der Waals surface area contributed by atoms with Crippen molar-refractivity contribution in [2.24, 2.45) is 10.9 Å². The van der Waals surface area contributed by atoms with Crippen LogP contribution in [0.25, 0.3) is 0 Å². The summed E-state index contributed by atoms with van der Waals surface area (Å²) < 4.78 is 0. The third-order valence-electron chi connectivity index (χ3n) is 5.08. The Labute approximate surface area is 154 Å². The van der Waals surface area contributed by atoms with E-state index in [2.05, 4.69) is 41.7 Å². The number of nitrogens with one attached hydrogen (secondary N) is 1. The van der Waals surface area contributed by atoms with Gasteiger partial charge in [-0.15, -0.1) is 0 Å². The number of halogens is 1. The van der Waals surface area contributed by atoms with Crippen LogP contribution >= 0.6 is 11.6 Å². The maximum atomic E-state index is 9.43. The molecule has 0 radical (unpaired) electrons. The lowest BCUT2D eigenvalue weighted by Crippen LogP contribution is -2.24. The fourth-order valence-electron chi connectivity index (χ4n) is 3.63. The number of benzene rings is 2. The summed E-state index contributed by atoms with van der Waals surface area (Å²) in [4.78, 5) is 4.49. The minimum absolute atomic E-state index is 0.555. The van der Waals surface area contributed by atoms with Crippen LogP contribution in [0.2, 0.25) is 5.02 Å². The van der Waals surface area contributed by atoms with Gasteiger partial charge in [0.25, 0.3) is 0 Å². The Balaban J connectivity index is 1.58. The van der Waals surface area contributed by atoms with Gasteiger partial charge in [0.05, 0.1) is 5.69 Å². The van der Waals surface area contributed by atoms with Crippen molar-refractivity contribution in [1.29, 1.82) is 0 Å². The zero-order valence-corrected chi connectivity index (χ0v) is 15.3. The molecule has 25 heavy (non-hydrogen) atoms. The molecule has 1 aliphatic rings. The van der Waals surface area contributed by atoms with Crippen LogP contribution in [0.5, 0.6) is 0 Å². The summed E-state index contributed by atoms with van der Waals surface area (Å²) >= 11 is 6.00. The van der Waals surface area contributed by atoms with Crippen molar-refractivity contribution in [3.8, 4) is 0 Å². The highest BCUT2D eigenvalue weighted by Gasteiger charge is 2.23. The fourth-order valence-corrected chi connectivity index (χ4v) is 3.81. The summed E-state index contributed by atoms with van der Waals surface area (Å²) in [6, 6.07) is 16.3. The van der Waals surface area contributed by atoms with Gasteiger partial charge >= 0.3 is 0 Å². The smallest absolute Gasteiger partial charge is 0.126 e. The average Bonchev–Trinajstić information content (AvgIpc) is 2.62. The molecule has 132 valence electrons. The van der Waals surface area contributed by atoms with Gasteiger partial charge in [-0.25, -0.2) is 4.99 Å². The maximum Gasteiger partial charge on any atom is 0.126 e. The van der Waals surface area contributed by atoms with Gasteiger partial charge in [0.1, 0.15) is 5.84 Å². The Morgan fingerprint density at radius 1 is 1.12 bits per heavy atom. The molecular weight excluding hydrogens is 332 g/mol. The van der Waals surface area contributed by atoms with Crippen LogP contribution in [-0.4, -0.2) is 11.0 Å². The van der Waals surface area contributed by atoms with Crippen molar-refractivity contribution in [3.63, 3.8) is 0 Å². The fraction of sp³-hybridized carbons (Fsp3) is 0.381. The van der Waals surface area contributed by atoms with Crippen LogP contribution in [0.1, 0.15) is 49.1 Å². The van der Waals surface area contributed by atoms with E-state index >= 15 is 0 Å². The zero-order chi connectivity index (χ0) is 17.6. The van der Waals surface area contributed by atoms with Crippen LogP contribution in [0.15, 0.2) is 53.5 Å². The predicted octanol–water partition coefficient (Wildman–Crippen LogP) is 6.02. The van der Waals surface area contributed by atoms with Gasteiger partial charge in [-0.3, -0.25) is 10.7 Å². The molecule has 0 amide bonds. The third-order valence-corrected chi connectivity index (χ3v) is 5.31. The molecule has 0 atom stereocenters. The maximum absolute atomic E-state index is 9.43. The van der Waals surface area contributed by atoms with Crippen LogP contribution in [0.3, 0.4) is 0 Å². The van der Waals surface area contributed by atoms with Crippen molar-refractivity contribution < 1.29 is 5.21 Å². The molecule has 4 heteroatoms. The highest BCUT2D eigenvalue weighted by Crippen LogP contribution is 2.37. The first kappa shape index (κ1) is 18.0. The summed E-state index contributed by atoms with van der Waals surface area (Å²) in [5.41, 5.74) is 5.80. The van der Waals surface area contributed by atoms with Crippen molar-refractivity contribution >= 4 is 23.1 Å². The molecule has 2 N–H and O–H groups in total. The molecule has 1 saturated carbocycles. The van der Waals surface area contributed by atoms with E-state index in [0.29, 0.717) is 22.7 Å². The SMILES string of the molecule is Cc1ccc(C2CCC(CC(=Nc3cccc(Cl)c3)NO)CC2)cc1. The van der Waals surface area contributed by atoms with Gasteiger partial charge in [0.15, 0.2) is 0 Å². The molecule has 0 saturated heterocycles. The van der Waals surface area contributed by atoms with E-state index < -0.39 is 0 Å². The normalized spacial score (nSPS) is 21.2. The molecule has 2 aromatic carbocycles. The molecule has 0 bridgehead atoms. The molecule has 0 heterocycles. The number of hydroxylamine groups is 1. The van der Waals surface area contributed by atoms with Gasteiger partial charge < -0.3 is 0 Å². The largest absolute Gasteiger partial charge is 0.290 e. The van der Waals surface area contributed by atoms with Crippen LogP contribution in [-0.2, 0) is 0 Å². The lowest BCUT2D eigenvalue weighted by atomic mass is 9.77. The van der Waals surface area contributed by atoms with E-state index in [0.717, 1.165) is 24.9 Å².